The number of ether oxygens (including phenoxy) is 3. The number of carbonyl (C=O) groups is 3. The lowest BCUT2D eigenvalue weighted by Gasteiger charge is -2.22. The molecule has 2 N–H and O–H groups in total. The van der Waals surface area contributed by atoms with Crippen molar-refractivity contribution in [1.29, 1.82) is 0 Å². The van der Waals surface area contributed by atoms with E-state index in [2.05, 4.69) is 10.6 Å². The fraction of sp³-hybridized carbons (Fsp3) is 0.348. The Morgan fingerprint density at radius 1 is 1.00 bits per heavy atom. The molecule has 1 atom stereocenters. The molecule has 0 aromatic heterocycles. The fourth-order valence-corrected chi connectivity index (χ4v) is 3.54. The van der Waals surface area contributed by atoms with Crippen molar-refractivity contribution in [3.8, 4) is 17.2 Å². The highest BCUT2D eigenvalue weighted by Crippen LogP contribution is 2.30. The summed E-state index contributed by atoms with van der Waals surface area (Å²) in [5.74, 6) is 0.961. The highest BCUT2D eigenvalue weighted by atomic mass is 16.5. The van der Waals surface area contributed by atoms with Gasteiger partial charge in [-0.3, -0.25) is 14.5 Å². The van der Waals surface area contributed by atoms with Crippen LogP contribution in [0.2, 0.25) is 0 Å². The van der Waals surface area contributed by atoms with Crippen LogP contribution in [0.5, 0.6) is 17.2 Å². The molecule has 2 aromatic carbocycles. The molecule has 1 saturated heterocycles. The molecular formula is C23H27N3O6. The SMILES string of the molecule is COc1ccc(C2(C)NC(=O)N(CC(=O)NCCc3ccc(OC)c(OC)c3)C2=O)cc1. The Hall–Kier alpha value is -3.75. The maximum Gasteiger partial charge on any atom is 0.325 e. The van der Waals surface area contributed by atoms with E-state index < -0.39 is 23.4 Å². The van der Waals surface area contributed by atoms with E-state index in [1.807, 2.05) is 12.1 Å². The van der Waals surface area contributed by atoms with Crippen molar-refractivity contribution in [3.63, 3.8) is 0 Å². The first-order valence-corrected chi connectivity index (χ1v) is 10.1. The number of rotatable bonds is 9. The topological polar surface area (TPSA) is 106 Å². The minimum Gasteiger partial charge on any atom is -0.497 e. The third kappa shape index (κ3) is 4.61. The zero-order valence-electron chi connectivity index (χ0n) is 18.6. The highest BCUT2D eigenvalue weighted by Gasteiger charge is 2.49. The van der Waals surface area contributed by atoms with E-state index in [4.69, 9.17) is 14.2 Å². The molecule has 2 aromatic rings. The number of nitrogens with one attached hydrogen (secondary N) is 2. The van der Waals surface area contributed by atoms with Crippen LogP contribution < -0.4 is 24.8 Å². The van der Waals surface area contributed by atoms with Crippen molar-refractivity contribution in [1.82, 2.24) is 15.5 Å². The van der Waals surface area contributed by atoms with E-state index in [1.165, 1.54) is 0 Å². The van der Waals surface area contributed by atoms with Gasteiger partial charge in [-0.2, -0.15) is 0 Å². The summed E-state index contributed by atoms with van der Waals surface area (Å²) in [4.78, 5) is 38.7. The molecule has 0 bridgehead atoms. The van der Waals surface area contributed by atoms with Gasteiger partial charge in [0.25, 0.3) is 5.91 Å². The average Bonchev–Trinajstić information content (AvgIpc) is 3.02. The quantitative estimate of drug-likeness (QED) is 0.575. The van der Waals surface area contributed by atoms with Crippen molar-refractivity contribution in [2.75, 3.05) is 34.4 Å². The normalized spacial score (nSPS) is 17.7. The number of hydrogen-bond acceptors (Lipinski definition) is 6. The van der Waals surface area contributed by atoms with Crippen LogP contribution in [-0.2, 0) is 21.5 Å². The van der Waals surface area contributed by atoms with E-state index >= 15 is 0 Å². The van der Waals surface area contributed by atoms with Gasteiger partial charge in [0.2, 0.25) is 5.91 Å². The zero-order valence-corrected chi connectivity index (χ0v) is 18.6. The molecular weight excluding hydrogens is 414 g/mol. The molecule has 1 fully saturated rings. The van der Waals surface area contributed by atoms with Crippen LogP contribution >= 0.6 is 0 Å². The molecule has 1 aliphatic heterocycles. The number of carbonyl (C=O) groups excluding carboxylic acids is 3. The van der Waals surface area contributed by atoms with Gasteiger partial charge in [0.15, 0.2) is 11.5 Å². The van der Waals surface area contributed by atoms with Gasteiger partial charge in [-0.25, -0.2) is 4.79 Å². The second-order valence-corrected chi connectivity index (χ2v) is 7.46. The van der Waals surface area contributed by atoms with Gasteiger partial charge in [0, 0.05) is 6.54 Å². The average molecular weight is 441 g/mol. The van der Waals surface area contributed by atoms with Crippen LogP contribution in [0.1, 0.15) is 18.1 Å². The second-order valence-electron chi connectivity index (χ2n) is 7.46. The maximum atomic E-state index is 13.0. The van der Waals surface area contributed by atoms with Gasteiger partial charge in [0.1, 0.15) is 17.8 Å². The van der Waals surface area contributed by atoms with E-state index in [9.17, 15) is 14.4 Å². The largest absolute Gasteiger partial charge is 0.497 e. The van der Waals surface area contributed by atoms with Crippen LogP contribution in [-0.4, -0.2) is 57.2 Å². The first-order valence-electron chi connectivity index (χ1n) is 10.1. The Bertz CT molecular complexity index is 1010. The Balaban J connectivity index is 1.58. The minimum absolute atomic E-state index is 0.341. The molecule has 0 radical (unpaired) electrons. The van der Waals surface area contributed by atoms with Crippen LogP contribution in [0.3, 0.4) is 0 Å². The molecule has 9 nitrogen and oxygen atoms in total. The third-order valence-electron chi connectivity index (χ3n) is 5.43. The number of urea groups is 1. The molecule has 1 aliphatic rings. The van der Waals surface area contributed by atoms with Crippen molar-refractivity contribution in [2.24, 2.45) is 0 Å². The summed E-state index contributed by atoms with van der Waals surface area (Å²) in [6.45, 7) is 1.60. The third-order valence-corrected chi connectivity index (χ3v) is 5.43. The van der Waals surface area contributed by atoms with Crippen LogP contribution in [0.25, 0.3) is 0 Å². The Labute approximate surface area is 186 Å². The molecule has 9 heteroatoms. The van der Waals surface area contributed by atoms with E-state index in [-0.39, 0.29) is 6.54 Å². The molecule has 32 heavy (non-hydrogen) atoms. The number of imide groups is 1. The molecule has 1 unspecified atom stereocenters. The predicted molar refractivity (Wildman–Crippen MR) is 117 cm³/mol. The van der Waals surface area contributed by atoms with Crippen molar-refractivity contribution >= 4 is 17.8 Å². The number of methoxy groups -OCH3 is 3. The van der Waals surface area contributed by atoms with Gasteiger partial charge in [-0.05, 0) is 48.7 Å². The number of amides is 4. The lowest BCUT2D eigenvalue weighted by molar-refractivity contribution is -0.134. The van der Waals surface area contributed by atoms with Gasteiger partial charge >= 0.3 is 6.03 Å². The highest BCUT2D eigenvalue weighted by molar-refractivity contribution is 6.09. The number of nitrogens with zero attached hydrogens (tertiary/aromatic N) is 1. The summed E-state index contributed by atoms with van der Waals surface area (Å²) < 4.78 is 15.6. The van der Waals surface area contributed by atoms with Gasteiger partial charge in [-0.15, -0.1) is 0 Å². The van der Waals surface area contributed by atoms with Crippen molar-refractivity contribution < 1.29 is 28.6 Å². The molecule has 4 amide bonds. The maximum absolute atomic E-state index is 13.0. The van der Waals surface area contributed by atoms with E-state index in [1.54, 1.807) is 58.6 Å². The molecule has 0 spiro atoms. The monoisotopic (exact) mass is 441 g/mol. The Morgan fingerprint density at radius 3 is 2.31 bits per heavy atom. The Kier molecular flexibility index (Phi) is 6.87. The van der Waals surface area contributed by atoms with Crippen LogP contribution in [0.15, 0.2) is 42.5 Å². The summed E-state index contributed by atoms with van der Waals surface area (Å²) in [7, 11) is 4.67. The van der Waals surface area contributed by atoms with E-state index in [0.29, 0.717) is 35.8 Å². The zero-order chi connectivity index (χ0) is 23.3. The molecule has 170 valence electrons. The number of benzene rings is 2. The molecule has 3 rings (SSSR count). The smallest absolute Gasteiger partial charge is 0.325 e. The van der Waals surface area contributed by atoms with Crippen LogP contribution in [0.4, 0.5) is 4.79 Å². The molecule has 1 heterocycles. The summed E-state index contributed by atoms with van der Waals surface area (Å²) in [6, 6.07) is 11.8. The molecule has 0 saturated carbocycles. The first kappa shape index (κ1) is 22.9. The summed E-state index contributed by atoms with van der Waals surface area (Å²) in [5, 5.41) is 5.43. The van der Waals surface area contributed by atoms with Gasteiger partial charge < -0.3 is 24.8 Å². The van der Waals surface area contributed by atoms with Crippen molar-refractivity contribution in [3.05, 3.63) is 53.6 Å². The van der Waals surface area contributed by atoms with Gasteiger partial charge in [0.05, 0.1) is 21.3 Å². The standard InChI is InChI=1S/C23H27N3O6/c1-23(16-6-8-17(30-2)9-7-16)21(28)26(22(29)25-23)14-20(27)24-12-11-15-5-10-18(31-3)19(13-15)32-4/h5-10,13H,11-12,14H2,1-4H3,(H,24,27)(H,25,29). The van der Waals surface area contributed by atoms with Gasteiger partial charge in [-0.1, -0.05) is 18.2 Å². The summed E-state index contributed by atoms with van der Waals surface area (Å²) in [6.07, 6.45) is 0.551. The number of hydrogen-bond donors (Lipinski definition) is 2. The second kappa shape index (κ2) is 9.59. The summed E-state index contributed by atoms with van der Waals surface area (Å²) >= 11 is 0. The Morgan fingerprint density at radius 2 is 1.69 bits per heavy atom. The lowest BCUT2D eigenvalue weighted by atomic mass is 9.92. The molecule has 0 aliphatic carbocycles. The van der Waals surface area contributed by atoms with Crippen molar-refractivity contribution in [2.45, 2.75) is 18.9 Å². The summed E-state index contributed by atoms with van der Waals surface area (Å²) in [5.41, 5.74) is 0.307. The lowest BCUT2D eigenvalue weighted by Crippen LogP contribution is -2.43. The minimum atomic E-state index is -1.25. The fourth-order valence-electron chi connectivity index (χ4n) is 3.54. The van der Waals surface area contributed by atoms with Crippen LogP contribution in [0, 0.1) is 0 Å². The first-order chi connectivity index (χ1) is 15.3. The van der Waals surface area contributed by atoms with E-state index in [0.717, 1.165) is 10.5 Å². The predicted octanol–water partition coefficient (Wildman–Crippen LogP) is 1.84.